The van der Waals surface area contributed by atoms with Gasteiger partial charge in [0.1, 0.15) is 11.4 Å². The number of H-pyrrole nitrogens is 1. The van der Waals surface area contributed by atoms with E-state index in [9.17, 15) is 14.9 Å². The molecule has 1 unspecified atom stereocenters. The molecule has 1 aliphatic heterocycles. The third-order valence-electron chi connectivity index (χ3n) is 7.28. The molecule has 0 saturated carbocycles. The molecule has 1 aliphatic rings. The van der Waals surface area contributed by atoms with Gasteiger partial charge in [-0.1, -0.05) is 42.5 Å². The summed E-state index contributed by atoms with van der Waals surface area (Å²) in [5.74, 6) is 0.660. The molecule has 0 bridgehead atoms. The zero-order valence-corrected chi connectivity index (χ0v) is 20.7. The number of aromatic amines is 1. The van der Waals surface area contributed by atoms with Gasteiger partial charge in [-0.15, -0.1) is 0 Å². The Morgan fingerprint density at radius 3 is 2.51 bits per heavy atom. The van der Waals surface area contributed by atoms with E-state index in [0.717, 1.165) is 27.8 Å². The van der Waals surface area contributed by atoms with Crippen LogP contribution >= 0.6 is 0 Å². The monoisotopic (exact) mass is 498 g/mol. The van der Waals surface area contributed by atoms with Crippen molar-refractivity contribution < 1.29 is 14.5 Å². The lowest BCUT2D eigenvalue weighted by Gasteiger charge is -2.33. The van der Waals surface area contributed by atoms with Crippen LogP contribution in [-0.4, -0.2) is 42.6 Å². The number of aromatic nitrogens is 1. The van der Waals surface area contributed by atoms with Crippen LogP contribution in [0.5, 0.6) is 5.75 Å². The summed E-state index contributed by atoms with van der Waals surface area (Å²) < 4.78 is 5.33. The van der Waals surface area contributed by atoms with Gasteiger partial charge < -0.3 is 19.9 Å². The van der Waals surface area contributed by atoms with Gasteiger partial charge in [0.25, 0.3) is 5.69 Å². The number of hydrogen-bond donors (Lipinski definition) is 2. The summed E-state index contributed by atoms with van der Waals surface area (Å²) in [5.41, 5.74) is 4.01. The fourth-order valence-electron chi connectivity index (χ4n) is 5.24. The fourth-order valence-corrected chi connectivity index (χ4v) is 5.24. The lowest BCUT2D eigenvalue weighted by Crippen LogP contribution is -2.41. The van der Waals surface area contributed by atoms with Crippen LogP contribution in [0.15, 0.2) is 79.0 Å². The quantitative estimate of drug-likeness (QED) is 0.255. The van der Waals surface area contributed by atoms with E-state index in [1.165, 1.54) is 6.07 Å². The molecule has 1 amide bonds. The molecule has 2 heterocycles. The van der Waals surface area contributed by atoms with Gasteiger partial charge in [0, 0.05) is 54.6 Å². The maximum atomic E-state index is 13.2. The minimum Gasteiger partial charge on any atom is -0.497 e. The minimum atomic E-state index is -0.349. The summed E-state index contributed by atoms with van der Waals surface area (Å²) in [6.45, 7) is 1.68. The predicted molar refractivity (Wildman–Crippen MR) is 144 cm³/mol. The van der Waals surface area contributed by atoms with Crippen molar-refractivity contribution in [1.82, 2.24) is 10.3 Å². The van der Waals surface area contributed by atoms with Crippen LogP contribution in [0.1, 0.15) is 29.9 Å². The number of ether oxygens (including phenoxy) is 1. The van der Waals surface area contributed by atoms with Crippen LogP contribution in [0.25, 0.3) is 10.9 Å². The van der Waals surface area contributed by atoms with E-state index in [0.29, 0.717) is 38.2 Å². The van der Waals surface area contributed by atoms with E-state index in [1.807, 2.05) is 59.6 Å². The molecule has 1 atom stereocenters. The lowest BCUT2D eigenvalue weighted by molar-refractivity contribution is -0.384. The first-order valence-corrected chi connectivity index (χ1v) is 12.5. The minimum absolute atomic E-state index is 0.0283. The molecule has 8 heteroatoms. The molecule has 37 heavy (non-hydrogen) atoms. The number of nitro benzene ring substituents is 1. The van der Waals surface area contributed by atoms with Crippen LogP contribution in [0.3, 0.4) is 0 Å². The smallest absolute Gasteiger partial charge is 0.292 e. The van der Waals surface area contributed by atoms with Crippen LogP contribution in [0.4, 0.5) is 11.4 Å². The Bertz CT molecular complexity index is 1390. The first-order valence-electron chi connectivity index (χ1n) is 12.5. The summed E-state index contributed by atoms with van der Waals surface area (Å²) in [6.07, 6.45) is 3.33. The number of para-hydroxylation sites is 3. The summed E-state index contributed by atoms with van der Waals surface area (Å²) >= 11 is 0. The topological polar surface area (TPSA) is 100 Å². The number of carbonyl (C=O) groups is 1. The zero-order valence-electron chi connectivity index (χ0n) is 20.7. The average molecular weight is 499 g/mol. The van der Waals surface area contributed by atoms with Gasteiger partial charge in [0.15, 0.2) is 0 Å². The molecule has 2 N–H and O–H groups in total. The molecule has 0 spiro atoms. The van der Waals surface area contributed by atoms with Crippen molar-refractivity contribution >= 4 is 28.2 Å². The molecule has 1 fully saturated rings. The second-order valence-electron chi connectivity index (χ2n) is 9.37. The van der Waals surface area contributed by atoms with Crippen LogP contribution in [-0.2, 0) is 4.79 Å². The zero-order chi connectivity index (χ0) is 25.8. The normalized spacial score (nSPS) is 14.9. The highest BCUT2D eigenvalue weighted by molar-refractivity contribution is 5.84. The van der Waals surface area contributed by atoms with Crippen molar-refractivity contribution in [2.45, 2.75) is 18.8 Å². The van der Waals surface area contributed by atoms with E-state index in [-0.39, 0.29) is 28.4 Å². The Morgan fingerprint density at radius 2 is 1.78 bits per heavy atom. The number of amides is 1. The highest BCUT2D eigenvalue weighted by Crippen LogP contribution is 2.33. The van der Waals surface area contributed by atoms with Gasteiger partial charge in [0.05, 0.1) is 12.0 Å². The van der Waals surface area contributed by atoms with E-state index in [4.69, 9.17) is 4.74 Å². The van der Waals surface area contributed by atoms with Gasteiger partial charge in [-0.2, -0.15) is 0 Å². The van der Waals surface area contributed by atoms with Crippen molar-refractivity contribution in [3.8, 4) is 5.75 Å². The molecule has 0 aliphatic carbocycles. The number of piperidine rings is 1. The fraction of sp³-hybridized carbons (Fsp3) is 0.276. The molecule has 1 aromatic heterocycles. The highest BCUT2D eigenvalue weighted by Gasteiger charge is 2.29. The molecule has 3 aromatic carbocycles. The Morgan fingerprint density at radius 1 is 1.08 bits per heavy atom. The molecular formula is C29H30N4O4. The van der Waals surface area contributed by atoms with E-state index in [1.54, 1.807) is 19.2 Å². The molecule has 1 saturated heterocycles. The van der Waals surface area contributed by atoms with Crippen LogP contribution in [0, 0.1) is 16.0 Å². The third kappa shape index (κ3) is 5.14. The van der Waals surface area contributed by atoms with Gasteiger partial charge in [-0.3, -0.25) is 14.9 Å². The first kappa shape index (κ1) is 24.4. The van der Waals surface area contributed by atoms with E-state index < -0.39 is 0 Å². The number of hydrogen-bond acceptors (Lipinski definition) is 5. The Hall–Kier alpha value is -4.33. The van der Waals surface area contributed by atoms with E-state index in [2.05, 4.69) is 16.4 Å². The lowest BCUT2D eigenvalue weighted by atomic mass is 9.90. The summed E-state index contributed by atoms with van der Waals surface area (Å²) in [6, 6.07) is 22.9. The van der Waals surface area contributed by atoms with Crippen molar-refractivity contribution in [3.63, 3.8) is 0 Å². The molecule has 190 valence electrons. The summed E-state index contributed by atoms with van der Waals surface area (Å²) in [5, 5.41) is 15.8. The highest BCUT2D eigenvalue weighted by atomic mass is 16.6. The number of methoxy groups -OCH3 is 1. The van der Waals surface area contributed by atoms with Gasteiger partial charge in [-0.25, -0.2) is 0 Å². The Balaban J connectivity index is 1.29. The first-order chi connectivity index (χ1) is 18.0. The number of fused-ring (bicyclic) bond motifs is 1. The van der Waals surface area contributed by atoms with Gasteiger partial charge in [-0.05, 0) is 48.2 Å². The van der Waals surface area contributed by atoms with Crippen molar-refractivity contribution in [3.05, 3.63) is 100 Å². The predicted octanol–water partition coefficient (Wildman–Crippen LogP) is 5.25. The van der Waals surface area contributed by atoms with E-state index >= 15 is 0 Å². The molecule has 5 rings (SSSR count). The molecule has 0 radical (unpaired) electrons. The van der Waals surface area contributed by atoms with Crippen molar-refractivity contribution in [2.24, 2.45) is 5.92 Å². The number of rotatable bonds is 8. The third-order valence-corrected chi connectivity index (χ3v) is 7.28. The van der Waals surface area contributed by atoms with Gasteiger partial charge in [0.2, 0.25) is 5.91 Å². The number of nitrogens with zero attached hydrogens (tertiary/aromatic N) is 2. The number of nitro groups is 1. The number of carbonyl (C=O) groups excluding carboxylic acids is 1. The van der Waals surface area contributed by atoms with Crippen molar-refractivity contribution in [1.29, 1.82) is 0 Å². The number of nitrogens with one attached hydrogen (secondary N) is 2. The van der Waals surface area contributed by atoms with Crippen LogP contribution in [0.2, 0.25) is 0 Å². The van der Waals surface area contributed by atoms with Crippen molar-refractivity contribution in [2.75, 3.05) is 31.6 Å². The number of benzene rings is 3. The molecular weight excluding hydrogens is 468 g/mol. The van der Waals surface area contributed by atoms with Gasteiger partial charge >= 0.3 is 0 Å². The second kappa shape index (κ2) is 10.7. The largest absolute Gasteiger partial charge is 0.497 e. The average Bonchev–Trinajstić information content (AvgIpc) is 3.37. The molecule has 4 aromatic rings. The van der Waals surface area contributed by atoms with Crippen LogP contribution < -0.4 is 15.0 Å². The Labute approximate surface area is 215 Å². The second-order valence-corrected chi connectivity index (χ2v) is 9.37. The Kier molecular flexibility index (Phi) is 7.07. The maximum absolute atomic E-state index is 13.2. The molecule has 8 nitrogen and oxygen atoms in total. The standard InChI is InChI=1S/C29H30N4O4/c1-37-22-12-10-20(11-13-22)24(25-19-30-26-7-3-2-6-23(25)26)18-31-29(34)21-14-16-32(17-15-21)27-8-4-5-9-28(27)33(35)36/h2-13,19,21,24,30H,14-18H2,1H3,(H,31,34). The summed E-state index contributed by atoms with van der Waals surface area (Å²) in [4.78, 5) is 29.7. The number of anilines is 1. The summed E-state index contributed by atoms with van der Waals surface area (Å²) in [7, 11) is 1.65. The SMILES string of the molecule is COc1ccc(C(CNC(=O)C2CCN(c3ccccc3[N+](=O)[O-])CC2)c2c[nH]c3ccccc23)cc1. The maximum Gasteiger partial charge on any atom is 0.292 e.